The van der Waals surface area contributed by atoms with Gasteiger partial charge in [0, 0.05) is 39.9 Å². The summed E-state index contributed by atoms with van der Waals surface area (Å²) < 4.78 is 63.5. The summed E-state index contributed by atoms with van der Waals surface area (Å²) in [6.07, 6.45) is -3.47. The molecule has 2 aliphatic heterocycles. The standard InChI is InChI=1S/C18H28N4O.2C2HF3O2/c1-20(2)17(23)22-13-8-18(9-14-22)6-11-21(12-7-18)15-16-5-3-4-10-19-16;2*3-2(4,5)1(6)7/h3-5,10H,6-9,11-15H2,1-2H3;2*(H,6,7). The summed E-state index contributed by atoms with van der Waals surface area (Å²) in [5, 5.41) is 14.2. The van der Waals surface area contributed by atoms with Gasteiger partial charge >= 0.3 is 30.3 Å². The van der Waals surface area contributed by atoms with Gasteiger partial charge < -0.3 is 20.0 Å². The largest absolute Gasteiger partial charge is 0.490 e. The van der Waals surface area contributed by atoms with Crippen LogP contribution in [0.1, 0.15) is 31.4 Å². The van der Waals surface area contributed by atoms with Gasteiger partial charge in [-0.2, -0.15) is 26.3 Å². The van der Waals surface area contributed by atoms with Gasteiger partial charge in [0.15, 0.2) is 0 Å². The number of carboxylic acids is 2. The Labute approximate surface area is 209 Å². The normalized spacial score (nSPS) is 17.6. The van der Waals surface area contributed by atoms with Crippen LogP contribution < -0.4 is 0 Å². The zero-order valence-corrected chi connectivity index (χ0v) is 20.3. The maximum Gasteiger partial charge on any atom is 0.490 e. The van der Waals surface area contributed by atoms with Crippen molar-refractivity contribution in [1.29, 1.82) is 0 Å². The van der Waals surface area contributed by atoms with Crippen molar-refractivity contribution in [2.45, 2.75) is 44.6 Å². The van der Waals surface area contributed by atoms with Crippen LogP contribution >= 0.6 is 0 Å². The second-order valence-electron chi connectivity index (χ2n) is 8.87. The first kappa shape index (κ1) is 31.9. The Hall–Kier alpha value is -3.10. The van der Waals surface area contributed by atoms with Gasteiger partial charge in [-0.15, -0.1) is 0 Å². The van der Waals surface area contributed by atoms with Crippen molar-refractivity contribution >= 4 is 18.0 Å². The number of piperidine rings is 2. The molecule has 2 aliphatic rings. The lowest BCUT2D eigenvalue weighted by Gasteiger charge is -2.47. The molecular formula is C22H30F6N4O5. The molecule has 3 heterocycles. The lowest BCUT2D eigenvalue weighted by Crippen LogP contribution is -2.50. The van der Waals surface area contributed by atoms with E-state index in [2.05, 4.69) is 22.0 Å². The van der Waals surface area contributed by atoms with Gasteiger partial charge in [0.2, 0.25) is 0 Å². The van der Waals surface area contributed by atoms with Crippen molar-refractivity contribution in [2.24, 2.45) is 5.41 Å². The van der Waals surface area contributed by atoms with Crippen molar-refractivity contribution in [2.75, 3.05) is 40.3 Å². The Bertz CT molecular complexity index is 854. The van der Waals surface area contributed by atoms with Gasteiger partial charge in [0.25, 0.3) is 0 Å². The summed E-state index contributed by atoms with van der Waals surface area (Å²) in [6.45, 7) is 5.09. The molecule has 0 atom stereocenters. The number of halogens is 6. The van der Waals surface area contributed by atoms with Crippen molar-refractivity contribution in [3.63, 3.8) is 0 Å². The summed E-state index contributed by atoms with van der Waals surface area (Å²) in [4.78, 5) is 40.5. The first-order valence-corrected chi connectivity index (χ1v) is 11.2. The molecule has 9 nitrogen and oxygen atoms in total. The fourth-order valence-corrected chi connectivity index (χ4v) is 3.86. The first-order valence-electron chi connectivity index (χ1n) is 11.2. The third-order valence-corrected chi connectivity index (χ3v) is 5.99. The van der Waals surface area contributed by atoms with Gasteiger partial charge in [0.1, 0.15) is 0 Å². The predicted octanol–water partition coefficient (Wildman–Crippen LogP) is 3.71. The zero-order valence-electron chi connectivity index (χ0n) is 20.3. The van der Waals surface area contributed by atoms with Crippen molar-refractivity contribution in [3.05, 3.63) is 30.1 Å². The second-order valence-corrected chi connectivity index (χ2v) is 8.87. The van der Waals surface area contributed by atoms with E-state index in [4.69, 9.17) is 19.8 Å². The van der Waals surface area contributed by atoms with Crippen molar-refractivity contribution in [3.8, 4) is 0 Å². The molecular weight excluding hydrogens is 514 g/mol. The number of hydrogen-bond donors (Lipinski definition) is 2. The highest BCUT2D eigenvalue weighted by Crippen LogP contribution is 2.41. The minimum absolute atomic E-state index is 0.160. The zero-order chi connectivity index (χ0) is 28.4. The van der Waals surface area contributed by atoms with Crippen LogP contribution in [0.15, 0.2) is 24.4 Å². The number of aromatic nitrogens is 1. The van der Waals surface area contributed by atoms with Crippen LogP contribution in [0.5, 0.6) is 0 Å². The Morgan fingerprint density at radius 1 is 0.892 bits per heavy atom. The van der Waals surface area contributed by atoms with E-state index in [9.17, 15) is 31.1 Å². The molecule has 210 valence electrons. The first-order chi connectivity index (χ1) is 17.0. The Kier molecular flexibility index (Phi) is 11.6. The molecule has 0 unspecified atom stereocenters. The number of amides is 2. The molecule has 0 radical (unpaired) electrons. The van der Waals surface area contributed by atoms with Crippen LogP contribution in [0.3, 0.4) is 0 Å². The molecule has 2 N–H and O–H groups in total. The minimum atomic E-state index is -5.08. The molecule has 0 saturated carbocycles. The molecule has 0 aliphatic carbocycles. The number of aliphatic carboxylic acids is 2. The monoisotopic (exact) mass is 544 g/mol. The van der Waals surface area contributed by atoms with E-state index < -0.39 is 24.3 Å². The van der Waals surface area contributed by atoms with E-state index in [1.807, 2.05) is 31.3 Å². The van der Waals surface area contributed by atoms with Crippen LogP contribution in [0.25, 0.3) is 0 Å². The molecule has 3 rings (SSSR count). The van der Waals surface area contributed by atoms with Crippen LogP contribution in [0.4, 0.5) is 31.1 Å². The van der Waals surface area contributed by atoms with E-state index in [1.54, 1.807) is 4.90 Å². The van der Waals surface area contributed by atoms with Crippen LogP contribution in [0.2, 0.25) is 0 Å². The molecule has 0 aromatic carbocycles. The SMILES string of the molecule is CN(C)C(=O)N1CCC2(CCN(Cc3ccccn3)CC2)CC1.O=C(O)C(F)(F)F.O=C(O)C(F)(F)F. The predicted molar refractivity (Wildman–Crippen MR) is 118 cm³/mol. The number of likely N-dealkylation sites (tertiary alicyclic amines) is 2. The van der Waals surface area contributed by atoms with E-state index in [0.717, 1.165) is 51.3 Å². The Balaban J connectivity index is 0.000000404. The summed E-state index contributed by atoms with van der Waals surface area (Å²) in [7, 11) is 3.67. The topological polar surface area (TPSA) is 114 Å². The summed E-state index contributed by atoms with van der Waals surface area (Å²) in [5.41, 5.74) is 1.62. The lowest BCUT2D eigenvalue weighted by molar-refractivity contribution is -0.193. The number of hydrogen-bond acceptors (Lipinski definition) is 5. The maximum atomic E-state index is 12.1. The number of carbonyl (C=O) groups excluding carboxylic acids is 1. The van der Waals surface area contributed by atoms with E-state index in [0.29, 0.717) is 5.41 Å². The third kappa shape index (κ3) is 11.2. The Morgan fingerprint density at radius 2 is 1.32 bits per heavy atom. The summed E-state index contributed by atoms with van der Waals surface area (Å²) in [6, 6.07) is 6.30. The molecule has 1 spiro atoms. The fourth-order valence-electron chi connectivity index (χ4n) is 3.86. The summed E-state index contributed by atoms with van der Waals surface area (Å²) in [5.74, 6) is -5.51. The highest BCUT2D eigenvalue weighted by Gasteiger charge is 2.40. The Morgan fingerprint density at radius 3 is 1.68 bits per heavy atom. The molecule has 2 saturated heterocycles. The minimum Gasteiger partial charge on any atom is -0.475 e. The van der Waals surface area contributed by atoms with Crippen molar-refractivity contribution < 1.29 is 50.9 Å². The van der Waals surface area contributed by atoms with Gasteiger partial charge in [0.05, 0.1) is 5.69 Å². The average Bonchev–Trinajstić information content (AvgIpc) is 2.81. The third-order valence-electron chi connectivity index (χ3n) is 5.99. The van der Waals surface area contributed by atoms with Gasteiger partial charge in [-0.1, -0.05) is 6.07 Å². The maximum absolute atomic E-state index is 12.1. The van der Waals surface area contributed by atoms with Crippen molar-refractivity contribution in [1.82, 2.24) is 19.7 Å². The lowest BCUT2D eigenvalue weighted by atomic mass is 9.71. The number of urea groups is 1. The van der Waals surface area contributed by atoms with E-state index in [-0.39, 0.29) is 6.03 Å². The van der Waals surface area contributed by atoms with Crippen LogP contribution in [-0.4, -0.2) is 100 Å². The quantitative estimate of drug-likeness (QED) is 0.546. The average molecular weight is 544 g/mol. The number of carboxylic acid groups (broad SMARTS) is 2. The van der Waals surface area contributed by atoms with Crippen LogP contribution in [0, 0.1) is 5.41 Å². The van der Waals surface area contributed by atoms with Gasteiger partial charge in [-0.3, -0.25) is 9.88 Å². The second kappa shape index (κ2) is 13.4. The van der Waals surface area contributed by atoms with Crippen LogP contribution in [-0.2, 0) is 16.1 Å². The fraction of sp³-hybridized carbons (Fsp3) is 0.636. The molecule has 2 fully saturated rings. The van der Waals surface area contributed by atoms with Gasteiger partial charge in [-0.05, 0) is 56.3 Å². The van der Waals surface area contributed by atoms with E-state index in [1.165, 1.54) is 12.8 Å². The highest BCUT2D eigenvalue weighted by molar-refractivity contribution is 5.74. The molecule has 15 heteroatoms. The number of rotatable bonds is 2. The number of nitrogens with zero attached hydrogens (tertiary/aromatic N) is 4. The molecule has 2 amide bonds. The number of carbonyl (C=O) groups is 3. The molecule has 0 bridgehead atoms. The van der Waals surface area contributed by atoms with Gasteiger partial charge in [-0.25, -0.2) is 14.4 Å². The number of pyridine rings is 1. The smallest absolute Gasteiger partial charge is 0.475 e. The molecule has 37 heavy (non-hydrogen) atoms. The molecule has 1 aromatic heterocycles. The summed E-state index contributed by atoms with van der Waals surface area (Å²) >= 11 is 0. The highest BCUT2D eigenvalue weighted by atomic mass is 19.4. The van der Waals surface area contributed by atoms with E-state index >= 15 is 0 Å². The number of alkyl halides is 6. The molecule has 1 aromatic rings.